The van der Waals surface area contributed by atoms with Gasteiger partial charge in [-0.15, -0.1) is 6.42 Å². The number of terminal acetylenes is 1. The van der Waals surface area contributed by atoms with Gasteiger partial charge in [0.15, 0.2) is 0 Å². The van der Waals surface area contributed by atoms with Crippen molar-refractivity contribution in [2.75, 3.05) is 13.7 Å². The SMILES string of the molecule is C#C[C@]12C[C@@]1(COC)[C@H]1C=CC=C[C@@H]2C1. The van der Waals surface area contributed by atoms with E-state index in [1.54, 1.807) is 7.11 Å². The first-order valence-corrected chi connectivity index (χ1v) is 5.61. The van der Waals surface area contributed by atoms with E-state index in [2.05, 4.69) is 30.2 Å². The van der Waals surface area contributed by atoms with Crippen LogP contribution in [-0.4, -0.2) is 13.7 Å². The molecule has 1 nitrogen and oxygen atoms in total. The maximum atomic E-state index is 5.77. The second-order valence-electron chi connectivity index (χ2n) is 5.10. The highest BCUT2D eigenvalue weighted by atomic mass is 16.5. The van der Waals surface area contributed by atoms with Gasteiger partial charge in [0.1, 0.15) is 0 Å². The maximum Gasteiger partial charge on any atom is 0.0539 e. The molecular formula is C14H16O. The van der Waals surface area contributed by atoms with Gasteiger partial charge in [-0.3, -0.25) is 0 Å². The molecule has 2 saturated carbocycles. The van der Waals surface area contributed by atoms with Gasteiger partial charge in [0.25, 0.3) is 0 Å². The van der Waals surface area contributed by atoms with Gasteiger partial charge in [-0.05, 0) is 24.7 Å². The summed E-state index contributed by atoms with van der Waals surface area (Å²) in [7, 11) is 1.78. The second-order valence-corrected chi connectivity index (χ2v) is 5.10. The number of allylic oxidation sites excluding steroid dienone is 4. The van der Waals surface area contributed by atoms with Gasteiger partial charge in [0.05, 0.1) is 6.61 Å². The van der Waals surface area contributed by atoms with Crippen LogP contribution in [0.1, 0.15) is 12.8 Å². The molecule has 2 fully saturated rings. The second kappa shape index (κ2) is 2.77. The molecule has 0 spiro atoms. The highest BCUT2D eigenvalue weighted by Crippen LogP contribution is 2.78. The summed E-state index contributed by atoms with van der Waals surface area (Å²) in [6, 6.07) is 0. The van der Waals surface area contributed by atoms with Crippen LogP contribution >= 0.6 is 0 Å². The number of hydrogen-bond donors (Lipinski definition) is 0. The largest absolute Gasteiger partial charge is 0.384 e. The lowest BCUT2D eigenvalue weighted by atomic mass is 9.87. The van der Waals surface area contributed by atoms with Crippen LogP contribution in [0.4, 0.5) is 0 Å². The van der Waals surface area contributed by atoms with Gasteiger partial charge < -0.3 is 4.74 Å². The van der Waals surface area contributed by atoms with Gasteiger partial charge >= 0.3 is 0 Å². The predicted molar refractivity (Wildman–Crippen MR) is 60.1 cm³/mol. The van der Waals surface area contributed by atoms with Crippen molar-refractivity contribution in [1.29, 1.82) is 0 Å². The Morgan fingerprint density at radius 2 is 2.13 bits per heavy atom. The van der Waals surface area contributed by atoms with E-state index in [9.17, 15) is 0 Å². The summed E-state index contributed by atoms with van der Waals surface area (Å²) in [4.78, 5) is 0. The van der Waals surface area contributed by atoms with Gasteiger partial charge in [-0.1, -0.05) is 30.2 Å². The Kier molecular flexibility index (Phi) is 1.71. The smallest absolute Gasteiger partial charge is 0.0539 e. The quantitative estimate of drug-likeness (QED) is 0.622. The zero-order chi connectivity index (χ0) is 10.5. The van der Waals surface area contributed by atoms with Crippen molar-refractivity contribution in [3.8, 4) is 12.3 Å². The minimum absolute atomic E-state index is 0.106. The normalized spacial score (nSPS) is 49.6. The van der Waals surface area contributed by atoms with Crippen LogP contribution in [0.25, 0.3) is 0 Å². The van der Waals surface area contributed by atoms with Gasteiger partial charge in [-0.25, -0.2) is 0 Å². The zero-order valence-corrected chi connectivity index (χ0v) is 9.07. The molecule has 0 heterocycles. The van der Waals surface area contributed by atoms with E-state index in [0.29, 0.717) is 11.8 Å². The molecule has 0 aromatic rings. The Labute approximate surface area is 91.2 Å². The molecule has 0 aromatic heterocycles. The van der Waals surface area contributed by atoms with E-state index in [4.69, 9.17) is 11.2 Å². The Morgan fingerprint density at radius 1 is 1.40 bits per heavy atom. The maximum absolute atomic E-state index is 5.77. The Hall–Kier alpha value is -1.00. The highest BCUT2D eigenvalue weighted by molar-refractivity contribution is 5.40. The Morgan fingerprint density at radius 3 is 2.80 bits per heavy atom. The molecule has 0 radical (unpaired) electrons. The monoisotopic (exact) mass is 200 g/mol. The summed E-state index contributed by atoms with van der Waals surface area (Å²) in [5, 5.41) is 0. The first-order valence-electron chi connectivity index (χ1n) is 5.61. The fraction of sp³-hybridized carbons (Fsp3) is 0.571. The van der Waals surface area contributed by atoms with Crippen LogP contribution in [-0.2, 0) is 4.74 Å². The van der Waals surface area contributed by atoms with Crippen molar-refractivity contribution in [2.24, 2.45) is 22.7 Å². The molecule has 3 rings (SSSR count). The van der Waals surface area contributed by atoms with Gasteiger partial charge in [0, 0.05) is 17.9 Å². The van der Waals surface area contributed by atoms with E-state index < -0.39 is 0 Å². The third kappa shape index (κ3) is 0.892. The minimum atomic E-state index is 0.106. The standard InChI is InChI=1S/C14H16O/c1-3-13-9-14(13,10-15-2)12-7-5-4-6-11(13)8-12/h1,4-7,11-12H,8-10H2,2H3/t11-,12+,13-,14-/m1/s1. The molecule has 2 bridgehead atoms. The zero-order valence-electron chi connectivity index (χ0n) is 9.07. The van der Waals surface area contributed by atoms with Crippen molar-refractivity contribution >= 4 is 0 Å². The highest BCUT2D eigenvalue weighted by Gasteiger charge is 2.76. The molecule has 3 aliphatic carbocycles. The third-order valence-electron chi connectivity index (χ3n) is 4.67. The van der Waals surface area contributed by atoms with Gasteiger partial charge in [0.2, 0.25) is 0 Å². The van der Waals surface area contributed by atoms with Crippen molar-refractivity contribution < 1.29 is 4.74 Å². The van der Waals surface area contributed by atoms with Crippen molar-refractivity contribution in [2.45, 2.75) is 12.8 Å². The van der Waals surface area contributed by atoms with Crippen LogP contribution < -0.4 is 0 Å². The number of methoxy groups -OCH3 is 1. The van der Waals surface area contributed by atoms with Crippen LogP contribution in [0.3, 0.4) is 0 Å². The van der Waals surface area contributed by atoms with Crippen molar-refractivity contribution in [3.63, 3.8) is 0 Å². The summed E-state index contributed by atoms with van der Waals surface area (Å²) >= 11 is 0. The summed E-state index contributed by atoms with van der Waals surface area (Å²) in [6.45, 7) is 0.816. The molecular weight excluding hydrogens is 184 g/mol. The van der Waals surface area contributed by atoms with E-state index in [1.807, 2.05) is 0 Å². The number of hydrogen-bond acceptors (Lipinski definition) is 1. The van der Waals surface area contributed by atoms with Crippen LogP contribution in [0.15, 0.2) is 24.3 Å². The molecule has 0 aromatic carbocycles. The molecule has 0 aliphatic heterocycles. The average molecular weight is 200 g/mol. The average Bonchev–Trinajstić information content (AvgIpc) is 2.88. The lowest BCUT2D eigenvalue weighted by Crippen LogP contribution is -2.21. The van der Waals surface area contributed by atoms with Crippen molar-refractivity contribution in [1.82, 2.24) is 0 Å². The first-order chi connectivity index (χ1) is 7.29. The molecule has 0 N–H and O–H groups in total. The Balaban J connectivity index is 2.03. The molecule has 0 unspecified atom stereocenters. The van der Waals surface area contributed by atoms with Crippen LogP contribution in [0.5, 0.6) is 0 Å². The molecule has 3 aliphatic rings. The van der Waals surface area contributed by atoms with E-state index in [-0.39, 0.29) is 10.8 Å². The number of rotatable bonds is 2. The molecule has 1 heteroatoms. The molecule has 0 saturated heterocycles. The fourth-order valence-electron chi connectivity index (χ4n) is 3.86. The molecule has 0 amide bonds. The van der Waals surface area contributed by atoms with Crippen LogP contribution in [0.2, 0.25) is 0 Å². The third-order valence-corrected chi connectivity index (χ3v) is 4.67. The topological polar surface area (TPSA) is 9.23 Å². The summed E-state index contributed by atoms with van der Waals surface area (Å²) in [5.74, 6) is 4.26. The van der Waals surface area contributed by atoms with E-state index in [1.165, 1.54) is 6.42 Å². The van der Waals surface area contributed by atoms with Crippen molar-refractivity contribution in [3.05, 3.63) is 24.3 Å². The summed E-state index contributed by atoms with van der Waals surface area (Å²) < 4.78 is 5.39. The van der Waals surface area contributed by atoms with Gasteiger partial charge in [-0.2, -0.15) is 0 Å². The first kappa shape index (κ1) is 9.24. The summed E-state index contributed by atoms with van der Waals surface area (Å²) in [5.41, 5.74) is 0.358. The van der Waals surface area contributed by atoms with E-state index in [0.717, 1.165) is 13.0 Å². The fourth-order valence-corrected chi connectivity index (χ4v) is 3.86. The summed E-state index contributed by atoms with van der Waals surface area (Å²) in [6.07, 6.45) is 17.1. The molecule has 78 valence electrons. The number of ether oxygens (including phenoxy) is 1. The lowest BCUT2D eigenvalue weighted by molar-refractivity contribution is 0.115. The van der Waals surface area contributed by atoms with E-state index >= 15 is 0 Å². The predicted octanol–water partition coefficient (Wildman–Crippen LogP) is 2.40. The number of fused-ring (bicyclic) bond motifs is 5. The lowest BCUT2D eigenvalue weighted by Gasteiger charge is -2.20. The Bertz CT molecular complexity index is 387. The van der Waals surface area contributed by atoms with Crippen LogP contribution in [0, 0.1) is 35.0 Å². The molecule has 15 heavy (non-hydrogen) atoms. The minimum Gasteiger partial charge on any atom is -0.384 e. The molecule has 4 atom stereocenters.